The van der Waals surface area contributed by atoms with Gasteiger partial charge in [-0.3, -0.25) is 14.5 Å². The van der Waals surface area contributed by atoms with Gasteiger partial charge in [-0.15, -0.1) is 0 Å². The summed E-state index contributed by atoms with van der Waals surface area (Å²) < 4.78 is 18.0. The Morgan fingerprint density at radius 3 is 2.62 bits per heavy atom. The molecule has 1 fully saturated rings. The van der Waals surface area contributed by atoms with E-state index in [-0.39, 0.29) is 11.3 Å². The predicted octanol–water partition coefficient (Wildman–Crippen LogP) is 7.55. The number of carbonyl (C=O) groups is 2. The van der Waals surface area contributed by atoms with E-state index in [4.69, 9.17) is 25.8 Å². The number of Topliss-reactive ketones (excluding diaryl/α,β-unsaturated/α-hetero) is 1. The quantitative estimate of drug-likeness (QED) is 0.0814. The molecule has 0 saturated carbocycles. The Morgan fingerprint density at radius 2 is 1.86 bits per heavy atom. The number of carbonyl (C=O) groups excluding carboxylic acids is 2. The topological polar surface area (TPSA) is 98.2 Å². The molecule has 3 aromatic carbocycles. The fourth-order valence-electron chi connectivity index (χ4n) is 4.90. The van der Waals surface area contributed by atoms with Crippen LogP contribution in [0.15, 0.2) is 66.2 Å². The number of ketones is 1. The molecular weight excluding hydrogens is 576 g/mol. The number of thiazole rings is 1. The molecule has 0 radical (unpaired) electrons. The van der Waals surface area contributed by atoms with Crippen molar-refractivity contribution in [3.63, 3.8) is 0 Å². The van der Waals surface area contributed by atoms with E-state index >= 15 is 0 Å². The second kappa shape index (κ2) is 12.8. The number of aliphatic hydroxyl groups is 1. The van der Waals surface area contributed by atoms with E-state index < -0.39 is 17.7 Å². The molecule has 1 N–H and O–H groups in total. The van der Waals surface area contributed by atoms with E-state index in [2.05, 4.69) is 11.9 Å². The van der Waals surface area contributed by atoms with Gasteiger partial charge in [0.1, 0.15) is 11.5 Å². The molecule has 1 saturated heterocycles. The number of ether oxygens (including phenoxy) is 3. The summed E-state index contributed by atoms with van der Waals surface area (Å²) >= 11 is 7.44. The largest absolute Gasteiger partial charge is 0.507 e. The van der Waals surface area contributed by atoms with E-state index in [1.807, 2.05) is 6.92 Å². The lowest BCUT2D eigenvalue weighted by atomic mass is 9.95. The molecule has 1 aliphatic rings. The number of fused-ring (bicyclic) bond motifs is 1. The molecule has 218 valence electrons. The Balaban J connectivity index is 1.65. The van der Waals surface area contributed by atoms with Crippen molar-refractivity contribution in [3.8, 4) is 17.2 Å². The summed E-state index contributed by atoms with van der Waals surface area (Å²) in [4.78, 5) is 33.3. The summed E-state index contributed by atoms with van der Waals surface area (Å²) in [5.41, 5.74) is 1.47. The standard InChI is InChI=1S/C32H31ClN2O6S/c1-4-6-7-15-41-24-14-11-19(17-25(24)39-3)28-27(29(36)20-9-8-10-22(16-20)40-5-2)30(37)31(38)35(28)32-34-23-13-12-21(33)18-26(23)42-32/h8-14,16-18,28,36H,4-7,15H2,1-3H3/b29-27+. The van der Waals surface area contributed by atoms with Gasteiger partial charge >= 0.3 is 5.91 Å². The molecule has 0 spiro atoms. The SMILES string of the molecule is CCCCCOc1ccc(C2/C(=C(\O)c3cccc(OCC)c3)C(=O)C(=O)N2c2nc3ccc(Cl)cc3s2)cc1OC. The Labute approximate surface area is 253 Å². The predicted molar refractivity (Wildman–Crippen MR) is 165 cm³/mol. The maximum absolute atomic E-state index is 13.7. The van der Waals surface area contributed by atoms with E-state index in [1.54, 1.807) is 60.7 Å². The summed E-state index contributed by atoms with van der Waals surface area (Å²) in [5, 5.41) is 12.4. The third-order valence-electron chi connectivity index (χ3n) is 6.92. The number of hydrogen-bond acceptors (Lipinski definition) is 8. The monoisotopic (exact) mass is 606 g/mol. The van der Waals surface area contributed by atoms with Crippen molar-refractivity contribution in [2.45, 2.75) is 39.2 Å². The number of nitrogens with zero attached hydrogens (tertiary/aromatic N) is 2. The van der Waals surface area contributed by atoms with Crippen molar-refractivity contribution in [1.82, 2.24) is 4.98 Å². The molecule has 1 aliphatic heterocycles. The third kappa shape index (κ3) is 5.80. The van der Waals surface area contributed by atoms with Crippen molar-refractivity contribution in [3.05, 3.63) is 82.4 Å². The zero-order valence-corrected chi connectivity index (χ0v) is 25.1. The number of amides is 1. The van der Waals surface area contributed by atoms with Crippen molar-refractivity contribution in [2.24, 2.45) is 0 Å². The molecule has 0 bridgehead atoms. The second-order valence-electron chi connectivity index (χ2n) is 9.70. The van der Waals surface area contributed by atoms with Crippen LogP contribution in [0.5, 0.6) is 17.2 Å². The molecule has 1 amide bonds. The number of rotatable bonds is 11. The summed E-state index contributed by atoms with van der Waals surface area (Å²) in [7, 11) is 1.53. The van der Waals surface area contributed by atoms with Gasteiger partial charge in [0.2, 0.25) is 0 Å². The molecule has 10 heteroatoms. The smallest absolute Gasteiger partial charge is 0.301 e. The summed E-state index contributed by atoms with van der Waals surface area (Å²) in [5.74, 6) is -0.411. The minimum atomic E-state index is -0.986. The lowest BCUT2D eigenvalue weighted by Crippen LogP contribution is -2.29. The maximum atomic E-state index is 13.7. The number of anilines is 1. The number of benzene rings is 3. The van der Waals surface area contributed by atoms with Crippen molar-refractivity contribution in [2.75, 3.05) is 25.2 Å². The highest BCUT2D eigenvalue weighted by Crippen LogP contribution is 2.46. The van der Waals surface area contributed by atoms with Crippen LogP contribution < -0.4 is 19.1 Å². The number of halogens is 1. The van der Waals surface area contributed by atoms with E-state index in [9.17, 15) is 14.7 Å². The summed E-state index contributed by atoms with van der Waals surface area (Å²) in [6.45, 7) is 4.95. The Morgan fingerprint density at radius 1 is 1.02 bits per heavy atom. The molecule has 0 aliphatic carbocycles. The lowest BCUT2D eigenvalue weighted by Gasteiger charge is -2.24. The van der Waals surface area contributed by atoms with Crippen LogP contribution in [0.3, 0.4) is 0 Å². The first kappa shape index (κ1) is 29.4. The second-order valence-corrected chi connectivity index (χ2v) is 11.1. The molecule has 2 heterocycles. The Kier molecular flexibility index (Phi) is 8.99. The van der Waals surface area contributed by atoms with Crippen molar-refractivity contribution < 1.29 is 28.9 Å². The van der Waals surface area contributed by atoms with Gasteiger partial charge in [0.25, 0.3) is 5.78 Å². The number of hydrogen-bond donors (Lipinski definition) is 1. The molecule has 8 nitrogen and oxygen atoms in total. The maximum Gasteiger partial charge on any atom is 0.301 e. The van der Waals surface area contributed by atoms with Crippen molar-refractivity contribution in [1.29, 1.82) is 0 Å². The first-order valence-corrected chi connectivity index (χ1v) is 15.0. The van der Waals surface area contributed by atoms with Crippen LogP contribution >= 0.6 is 22.9 Å². The molecule has 5 rings (SSSR count). The first-order chi connectivity index (χ1) is 20.4. The van der Waals surface area contributed by atoms with Gasteiger partial charge in [-0.05, 0) is 61.4 Å². The minimum absolute atomic E-state index is 0.0652. The number of aliphatic hydroxyl groups excluding tert-OH is 1. The van der Waals surface area contributed by atoms with Gasteiger partial charge in [0, 0.05) is 10.6 Å². The highest BCUT2D eigenvalue weighted by molar-refractivity contribution is 7.22. The fraction of sp³-hybridized carbons (Fsp3) is 0.281. The molecule has 1 atom stereocenters. The van der Waals surface area contributed by atoms with Crippen LogP contribution in [-0.2, 0) is 9.59 Å². The van der Waals surface area contributed by atoms with Gasteiger partial charge < -0.3 is 19.3 Å². The lowest BCUT2D eigenvalue weighted by molar-refractivity contribution is -0.132. The van der Waals surface area contributed by atoms with Gasteiger partial charge in [0.15, 0.2) is 16.6 Å². The highest BCUT2D eigenvalue weighted by Gasteiger charge is 2.48. The molecular formula is C32H31ClN2O6S. The Hall–Kier alpha value is -4.08. The van der Waals surface area contributed by atoms with Gasteiger partial charge in [-0.2, -0.15) is 0 Å². The number of aromatic nitrogens is 1. The average molecular weight is 607 g/mol. The van der Waals surface area contributed by atoms with Crippen LogP contribution in [0.25, 0.3) is 16.0 Å². The van der Waals surface area contributed by atoms with Crippen LogP contribution in [-0.4, -0.2) is 42.1 Å². The zero-order chi connectivity index (χ0) is 29.8. The van der Waals surface area contributed by atoms with E-state index in [0.29, 0.717) is 57.3 Å². The fourth-order valence-corrected chi connectivity index (χ4v) is 6.17. The molecule has 1 unspecified atom stereocenters. The molecule has 4 aromatic rings. The third-order valence-corrected chi connectivity index (χ3v) is 8.17. The Bertz CT molecular complexity index is 1670. The van der Waals surface area contributed by atoms with Crippen LogP contribution in [0.2, 0.25) is 5.02 Å². The van der Waals surface area contributed by atoms with Crippen LogP contribution in [0.4, 0.5) is 5.13 Å². The van der Waals surface area contributed by atoms with E-state index in [1.165, 1.54) is 23.3 Å². The molecule has 42 heavy (non-hydrogen) atoms. The van der Waals surface area contributed by atoms with Gasteiger partial charge in [0.05, 0.1) is 42.2 Å². The normalized spacial score (nSPS) is 16.3. The number of methoxy groups -OCH3 is 1. The highest BCUT2D eigenvalue weighted by atomic mass is 35.5. The minimum Gasteiger partial charge on any atom is -0.507 e. The van der Waals surface area contributed by atoms with Crippen molar-refractivity contribution >= 4 is 55.7 Å². The summed E-state index contributed by atoms with van der Waals surface area (Å²) in [6, 6.07) is 16.3. The average Bonchev–Trinajstić information content (AvgIpc) is 3.52. The first-order valence-electron chi connectivity index (χ1n) is 13.8. The van der Waals surface area contributed by atoms with Gasteiger partial charge in [-0.25, -0.2) is 4.98 Å². The zero-order valence-electron chi connectivity index (χ0n) is 23.6. The van der Waals surface area contributed by atoms with Crippen LogP contribution in [0.1, 0.15) is 50.3 Å². The van der Waals surface area contributed by atoms with E-state index in [0.717, 1.165) is 24.0 Å². The van der Waals surface area contributed by atoms with Crippen LogP contribution in [0, 0.1) is 0 Å². The molecule has 1 aromatic heterocycles. The summed E-state index contributed by atoms with van der Waals surface area (Å²) in [6.07, 6.45) is 3.03. The number of unbranched alkanes of at least 4 members (excludes halogenated alkanes) is 2. The van der Waals surface area contributed by atoms with Gasteiger partial charge in [-0.1, -0.05) is 60.9 Å².